The van der Waals surface area contributed by atoms with E-state index in [-0.39, 0.29) is 0 Å². The highest BCUT2D eigenvalue weighted by atomic mass is 16.3. The van der Waals surface area contributed by atoms with Crippen LogP contribution >= 0.6 is 0 Å². The van der Waals surface area contributed by atoms with Crippen LogP contribution in [0.4, 0.5) is 0 Å². The fourth-order valence-electron chi connectivity index (χ4n) is 3.13. The second-order valence-electron chi connectivity index (χ2n) is 6.41. The molecule has 0 aromatic carbocycles. The summed E-state index contributed by atoms with van der Waals surface area (Å²) in [6, 6.07) is 4.04. The van der Waals surface area contributed by atoms with Gasteiger partial charge in [0, 0.05) is 6.54 Å². The molecular weight excluding hydrogens is 236 g/mol. The minimum Gasteiger partial charge on any atom is -0.468 e. The predicted octanol–water partition coefficient (Wildman–Crippen LogP) is 3.13. The molecule has 2 rings (SSSR count). The van der Waals surface area contributed by atoms with Gasteiger partial charge in [0.05, 0.1) is 12.8 Å². The van der Waals surface area contributed by atoms with Crippen LogP contribution in [0.5, 0.6) is 0 Å². The lowest BCUT2D eigenvalue weighted by Gasteiger charge is -2.40. The molecule has 0 bridgehead atoms. The topological polar surface area (TPSA) is 28.4 Å². The van der Waals surface area contributed by atoms with E-state index in [0.717, 1.165) is 31.3 Å². The third-order valence-electron chi connectivity index (χ3n) is 4.44. The standard InChI is InChI=1S/C16H28N2O/c1-4-18(12-15-8-6-10-19-15)13-16(2,3)14-7-5-9-17-11-14/h6,8,10,14,17H,4-5,7,9,11-13H2,1-3H3. The van der Waals surface area contributed by atoms with E-state index in [9.17, 15) is 0 Å². The first-order valence-electron chi connectivity index (χ1n) is 7.57. The molecule has 2 heterocycles. The minimum atomic E-state index is 0.357. The molecule has 1 aromatic heterocycles. The van der Waals surface area contributed by atoms with Crippen molar-refractivity contribution in [1.29, 1.82) is 0 Å². The molecule has 0 radical (unpaired) electrons. The molecular formula is C16H28N2O. The van der Waals surface area contributed by atoms with E-state index in [4.69, 9.17) is 4.42 Å². The smallest absolute Gasteiger partial charge is 0.117 e. The van der Waals surface area contributed by atoms with Gasteiger partial charge in [0.25, 0.3) is 0 Å². The van der Waals surface area contributed by atoms with Gasteiger partial charge < -0.3 is 9.73 Å². The van der Waals surface area contributed by atoms with Gasteiger partial charge in [-0.2, -0.15) is 0 Å². The molecule has 1 aliphatic heterocycles. The van der Waals surface area contributed by atoms with Crippen molar-refractivity contribution in [2.45, 2.75) is 40.2 Å². The van der Waals surface area contributed by atoms with Crippen molar-refractivity contribution in [3.8, 4) is 0 Å². The molecule has 0 amide bonds. The number of nitrogens with one attached hydrogen (secondary N) is 1. The Kier molecular flexibility index (Phi) is 5.06. The second kappa shape index (κ2) is 6.58. The van der Waals surface area contributed by atoms with Gasteiger partial charge in [-0.05, 0) is 55.9 Å². The fourth-order valence-corrected chi connectivity index (χ4v) is 3.13. The Morgan fingerprint density at radius 3 is 2.89 bits per heavy atom. The summed E-state index contributed by atoms with van der Waals surface area (Å²) >= 11 is 0. The molecule has 3 nitrogen and oxygen atoms in total. The molecule has 1 aliphatic rings. The summed E-state index contributed by atoms with van der Waals surface area (Å²) in [5, 5.41) is 3.54. The summed E-state index contributed by atoms with van der Waals surface area (Å²) in [7, 11) is 0. The summed E-state index contributed by atoms with van der Waals surface area (Å²) in [5.41, 5.74) is 0.357. The molecule has 1 unspecified atom stereocenters. The minimum absolute atomic E-state index is 0.357. The molecule has 19 heavy (non-hydrogen) atoms. The monoisotopic (exact) mass is 264 g/mol. The number of hydrogen-bond acceptors (Lipinski definition) is 3. The van der Waals surface area contributed by atoms with Gasteiger partial charge >= 0.3 is 0 Å². The van der Waals surface area contributed by atoms with Crippen LogP contribution in [-0.4, -0.2) is 31.1 Å². The van der Waals surface area contributed by atoms with E-state index in [1.54, 1.807) is 6.26 Å². The third-order valence-corrected chi connectivity index (χ3v) is 4.44. The lowest BCUT2D eigenvalue weighted by molar-refractivity contribution is 0.0953. The maximum absolute atomic E-state index is 5.47. The largest absolute Gasteiger partial charge is 0.468 e. The Labute approximate surface area is 117 Å². The molecule has 0 aliphatic carbocycles. The fraction of sp³-hybridized carbons (Fsp3) is 0.750. The Balaban J connectivity index is 1.92. The number of nitrogens with zero attached hydrogens (tertiary/aromatic N) is 1. The Hall–Kier alpha value is -0.800. The zero-order chi connectivity index (χ0) is 13.7. The van der Waals surface area contributed by atoms with Crippen molar-refractivity contribution in [2.24, 2.45) is 11.3 Å². The highest BCUT2D eigenvalue weighted by Crippen LogP contribution is 2.32. The average molecular weight is 264 g/mol. The van der Waals surface area contributed by atoms with Crippen molar-refractivity contribution in [3.05, 3.63) is 24.2 Å². The quantitative estimate of drug-likeness (QED) is 0.855. The Bertz CT molecular complexity index is 353. The maximum atomic E-state index is 5.47. The lowest BCUT2D eigenvalue weighted by Crippen LogP contribution is -2.44. The van der Waals surface area contributed by atoms with Crippen molar-refractivity contribution in [1.82, 2.24) is 10.2 Å². The maximum Gasteiger partial charge on any atom is 0.117 e. The van der Waals surface area contributed by atoms with Crippen molar-refractivity contribution < 1.29 is 4.42 Å². The van der Waals surface area contributed by atoms with Gasteiger partial charge in [0.15, 0.2) is 0 Å². The second-order valence-corrected chi connectivity index (χ2v) is 6.41. The zero-order valence-corrected chi connectivity index (χ0v) is 12.6. The summed E-state index contributed by atoms with van der Waals surface area (Å²) in [6.45, 7) is 12.6. The van der Waals surface area contributed by atoms with Crippen molar-refractivity contribution >= 4 is 0 Å². The predicted molar refractivity (Wildman–Crippen MR) is 79.0 cm³/mol. The highest BCUT2D eigenvalue weighted by Gasteiger charge is 2.32. The molecule has 3 heteroatoms. The first kappa shape index (κ1) is 14.6. The molecule has 0 spiro atoms. The van der Waals surface area contributed by atoms with Crippen LogP contribution in [-0.2, 0) is 6.54 Å². The molecule has 1 saturated heterocycles. The molecule has 1 fully saturated rings. The summed E-state index contributed by atoms with van der Waals surface area (Å²) in [6.07, 6.45) is 4.44. The number of furan rings is 1. The number of rotatable bonds is 6. The van der Waals surface area contributed by atoms with Crippen LogP contribution in [0.1, 0.15) is 39.4 Å². The van der Waals surface area contributed by atoms with E-state index in [1.807, 2.05) is 6.07 Å². The normalized spacial score (nSPS) is 20.9. The molecule has 1 atom stereocenters. The van der Waals surface area contributed by atoms with Crippen LogP contribution in [0.2, 0.25) is 0 Å². The van der Waals surface area contributed by atoms with Crippen LogP contribution in [0.15, 0.2) is 22.8 Å². The van der Waals surface area contributed by atoms with E-state index >= 15 is 0 Å². The summed E-state index contributed by atoms with van der Waals surface area (Å²) in [5.74, 6) is 1.85. The van der Waals surface area contributed by atoms with Gasteiger partial charge in [-0.1, -0.05) is 20.8 Å². The van der Waals surface area contributed by atoms with E-state index in [0.29, 0.717) is 5.41 Å². The highest BCUT2D eigenvalue weighted by molar-refractivity contribution is 4.98. The van der Waals surface area contributed by atoms with Gasteiger partial charge in [-0.3, -0.25) is 4.90 Å². The van der Waals surface area contributed by atoms with Crippen LogP contribution in [0, 0.1) is 11.3 Å². The SMILES string of the molecule is CCN(Cc1ccco1)CC(C)(C)C1CCCNC1. The number of piperidine rings is 1. The molecule has 0 saturated carbocycles. The Morgan fingerprint density at radius 1 is 1.47 bits per heavy atom. The first-order valence-corrected chi connectivity index (χ1v) is 7.57. The summed E-state index contributed by atoms with van der Waals surface area (Å²) < 4.78 is 5.47. The van der Waals surface area contributed by atoms with E-state index < -0.39 is 0 Å². The Morgan fingerprint density at radius 2 is 2.32 bits per heavy atom. The van der Waals surface area contributed by atoms with Gasteiger partial charge in [-0.15, -0.1) is 0 Å². The summed E-state index contributed by atoms with van der Waals surface area (Å²) in [4.78, 5) is 2.49. The van der Waals surface area contributed by atoms with Crippen molar-refractivity contribution in [2.75, 3.05) is 26.2 Å². The van der Waals surface area contributed by atoms with E-state index in [2.05, 4.69) is 37.1 Å². The van der Waals surface area contributed by atoms with Gasteiger partial charge in [0.2, 0.25) is 0 Å². The molecule has 1 aromatic rings. The average Bonchev–Trinajstić information content (AvgIpc) is 2.91. The van der Waals surface area contributed by atoms with Crippen molar-refractivity contribution in [3.63, 3.8) is 0 Å². The zero-order valence-electron chi connectivity index (χ0n) is 12.6. The van der Waals surface area contributed by atoms with Crippen LogP contribution in [0.25, 0.3) is 0 Å². The first-order chi connectivity index (χ1) is 9.12. The molecule has 108 valence electrons. The van der Waals surface area contributed by atoms with E-state index in [1.165, 1.54) is 25.9 Å². The lowest BCUT2D eigenvalue weighted by atomic mass is 9.74. The third kappa shape index (κ3) is 4.08. The molecule has 1 N–H and O–H groups in total. The van der Waals surface area contributed by atoms with Crippen LogP contribution < -0.4 is 5.32 Å². The number of hydrogen-bond donors (Lipinski definition) is 1. The van der Waals surface area contributed by atoms with Crippen LogP contribution in [0.3, 0.4) is 0 Å². The van der Waals surface area contributed by atoms with Gasteiger partial charge in [-0.25, -0.2) is 0 Å². The van der Waals surface area contributed by atoms with Gasteiger partial charge in [0.1, 0.15) is 5.76 Å².